The van der Waals surface area contributed by atoms with Crippen LogP contribution >= 0.6 is 0 Å². The molecular formula is C26H23IrN4-. The molecule has 0 aliphatic rings. The second kappa shape index (κ2) is 8.26. The number of hydrogen-bond donors (Lipinski definition) is 0. The van der Waals surface area contributed by atoms with E-state index in [0.717, 1.165) is 33.9 Å². The van der Waals surface area contributed by atoms with Gasteiger partial charge in [0.25, 0.3) is 0 Å². The summed E-state index contributed by atoms with van der Waals surface area (Å²) in [5.74, 6) is 1.83. The Bertz CT molecular complexity index is 1360. The number of aryl methyl sites for hydroxylation is 4. The first kappa shape index (κ1) is 21.2. The molecule has 0 bridgehead atoms. The molecule has 0 fully saturated rings. The van der Waals surface area contributed by atoms with Gasteiger partial charge >= 0.3 is 0 Å². The van der Waals surface area contributed by atoms with Crippen LogP contribution in [0.5, 0.6) is 0 Å². The van der Waals surface area contributed by atoms with E-state index in [1.165, 1.54) is 22.4 Å². The van der Waals surface area contributed by atoms with Crippen LogP contribution in [0, 0.1) is 33.8 Å². The molecule has 0 spiro atoms. The average molecular weight is 584 g/mol. The van der Waals surface area contributed by atoms with E-state index in [-0.39, 0.29) is 20.1 Å². The SMILES string of the molecule is Cc1cc(C)c(-n2ccnc2-c2[c-]cc3c(c2)nc(C)n3-c2ccccc2)c(C)c1.[Ir]. The predicted molar refractivity (Wildman–Crippen MR) is 121 cm³/mol. The number of rotatable bonds is 3. The summed E-state index contributed by atoms with van der Waals surface area (Å²) in [5.41, 5.74) is 8.93. The van der Waals surface area contributed by atoms with Gasteiger partial charge in [0.2, 0.25) is 0 Å². The normalized spacial score (nSPS) is 11.0. The zero-order valence-electron chi connectivity index (χ0n) is 18.0. The van der Waals surface area contributed by atoms with Crippen LogP contribution in [0.4, 0.5) is 0 Å². The summed E-state index contributed by atoms with van der Waals surface area (Å²) in [6, 6.07) is 22.3. The molecule has 157 valence electrons. The fourth-order valence-corrected chi connectivity index (χ4v) is 4.41. The Balaban J connectivity index is 0.00000231. The molecule has 0 saturated carbocycles. The maximum absolute atomic E-state index is 4.82. The van der Waals surface area contributed by atoms with Crippen molar-refractivity contribution in [2.75, 3.05) is 0 Å². The topological polar surface area (TPSA) is 35.6 Å². The van der Waals surface area contributed by atoms with E-state index in [4.69, 9.17) is 4.98 Å². The molecule has 0 N–H and O–H groups in total. The number of nitrogens with zero attached hydrogens (tertiary/aromatic N) is 4. The third kappa shape index (κ3) is 3.65. The van der Waals surface area contributed by atoms with Crippen molar-refractivity contribution in [2.45, 2.75) is 27.7 Å². The number of aromatic nitrogens is 4. The minimum Gasteiger partial charge on any atom is -0.340 e. The van der Waals surface area contributed by atoms with Crippen molar-refractivity contribution in [2.24, 2.45) is 0 Å². The van der Waals surface area contributed by atoms with E-state index in [1.54, 1.807) is 0 Å². The van der Waals surface area contributed by atoms with E-state index in [2.05, 4.69) is 71.3 Å². The van der Waals surface area contributed by atoms with E-state index in [1.807, 2.05) is 43.6 Å². The van der Waals surface area contributed by atoms with Gasteiger partial charge in [-0.3, -0.25) is 9.97 Å². The molecule has 0 saturated heterocycles. The first-order valence-electron chi connectivity index (χ1n) is 10.1. The quantitative estimate of drug-likeness (QED) is 0.248. The Kier molecular flexibility index (Phi) is 5.65. The van der Waals surface area contributed by atoms with Crippen LogP contribution < -0.4 is 0 Å². The van der Waals surface area contributed by atoms with Gasteiger partial charge in [0, 0.05) is 49.4 Å². The molecule has 5 heteroatoms. The monoisotopic (exact) mass is 584 g/mol. The van der Waals surface area contributed by atoms with Crippen LogP contribution in [0.2, 0.25) is 0 Å². The van der Waals surface area contributed by atoms with Crippen molar-refractivity contribution in [1.29, 1.82) is 0 Å². The van der Waals surface area contributed by atoms with E-state index in [9.17, 15) is 0 Å². The second-order valence-electron chi connectivity index (χ2n) is 7.82. The number of para-hydroxylation sites is 1. The van der Waals surface area contributed by atoms with Crippen molar-refractivity contribution in [3.8, 4) is 22.8 Å². The molecule has 0 atom stereocenters. The Morgan fingerprint density at radius 3 is 2.32 bits per heavy atom. The van der Waals surface area contributed by atoms with Crippen molar-refractivity contribution in [3.63, 3.8) is 0 Å². The fourth-order valence-electron chi connectivity index (χ4n) is 4.41. The van der Waals surface area contributed by atoms with Crippen LogP contribution in [0.1, 0.15) is 22.5 Å². The van der Waals surface area contributed by atoms with Gasteiger partial charge in [-0.2, -0.15) is 0 Å². The molecule has 0 aliphatic carbocycles. The molecule has 0 unspecified atom stereocenters. The molecule has 0 aliphatic heterocycles. The van der Waals surface area contributed by atoms with Crippen LogP contribution in [-0.2, 0) is 20.1 Å². The van der Waals surface area contributed by atoms with E-state index < -0.39 is 0 Å². The number of fused-ring (bicyclic) bond motifs is 1. The minimum absolute atomic E-state index is 0. The Morgan fingerprint density at radius 1 is 0.903 bits per heavy atom. The average Bonchev–Trinajstić information content (AvgIpc) is 3.31. The zero-order chi connectivity index (χ0) is 20.8. The van der Waals surface area contributed by atoms with Gasteiger partial charge in [-0.05, 0) is 56.5 Å². The largest absolute Gasteiger partial charge is 0.340 e. The third-order valence-electron chi connectivity index (χ3n) is 5.53. The number of imidazole rings is 2. The zero-order valence-corrected chi connectivity index (χ0v) is 20.4. The third-order valence-corrected chi connectivity index (χ3v) is 5.53. The molecular weight excluding hydrogens is 561 g/mol. The predicted octanol–water partition coefficient (Wildman–Crippen LogP) is 5.91. The van der Waals surface area contributed by atoms with Gasteiger partial charge in [0.15, 0.2) is 0 Å². The molecule has 5 rings (SSSR count). The van der Waals surface area contributed by atoms with Gasteiger partial charge in [0.05, 0.1) is 5.82 Å². The summed E-state index contributed by atoms with van der Waals surface area (Å²) >= 11 is 0. The number of hydrogen-bond acceptors (Lipinski definition) is 2. The van der Waals surface area contributed by atoms with Gasteiger partial charge in [0.1, 0.15) is 5.82 Å². The summed E-state index contributed by atoms with van der Waals surface area (Å²) < 4.78 is 4.32. The van der Waals surface area contributed by atoms with Crippen molar-refractivity contribution in [1.82, 2.24) is 19.1 Å². The molecule has 5 aromatic rings. The standard InChI is InChI=1S/C26H23N4.Ir/c1-17-14-18(2)25(19(3)15-17)29-13-12-27-26(29)21-10-11-24-23(16-21)28-20(4)30(24)22-8-6-5-7-9-22;/h5-9,11-16H,1-4H3;/q-1;. The van der Waals surface area contributed by atoms with Gasteiger partial charge in [-0.25, -0.2) is 0 Å². The molecule has 0 amide bonds. The van der Waals surface area contributed by atoms with Gasteiger partial charge in [-0.15, -0.1) is 23.8 Å². The summed E-state index contributed by atoms with van der Waals surface area (Å²) in [6.07, 6.45) is 3.87. The second-order valence-corrected chi connectivity index (χ2v) is 7.82. The van der Waals surface area contributed by atoms with E-state index in [0.29, 0.717) is 0 Å². The maximum Gasteiger partial charge on any atom is 0.100 e. The molecule has 4 nitrogen and oxygen atoms in total. The molecule has 1 radical (unpaired) electrons. The first-order valence-corrected chi connectivity index (χ1v) is 10.1. The summed E-state index contributed by atoms with van der Waals surface area (Å²) in [7, 11) is 0. The maximum atomic E-state index is 4.82. The minimum atomic E-state index is 0. The van der Waals surface area contributed by atoms with Crippen LogP contribution in [-0.4, -0.2) is 19.1 Å². The van der Waals surface area contributed by atoms with Crippen LogP contribution in [0.3, 0.4) is 0 Å². The van der Waals surface area contributed by atoms with Gasteiger partial charge in [-0.1, -0.05) is 35.9 Å². The smallest absolute Gasteiger partial charge is 0.100 e. The van der Waals surface area contributed by atoms with Gasteiger partial charge < -0.3 is 9.13 Å². The van der Waals surface area contributed by atoms with Crippen LogP contribution in [0.25, 0.3) is 33.8 Å². The molecule has 31 heavy (non-hydrogen) atoms. The molecule has 3 aromatic carbocycles. The van der Waals surface area contributed by atoms with Crippen molar-refractivity contribution in [3.05, 3.63) is 95.6 Å². The van der Waals surface area contributed by atoms with Crippen molar-refractivity contribution < 1.29 is 20.1 Å². The summed E-state index contributed by atoms with van der Waals surface area (Å²) in [5, 5.41) is 0. The van der Waals surface area contributed by atoms with Crippen molar-refractivity contribution >= 4 is 11.0 Å². The Morgan fingerprint density at radius 2 is 1.61 bits per heavy atom. The number of benzene rings is 3. The Labute approximate surface area is 195 Å². The summed E-state index contributed by atoms with van der Waals surface area (Å²) in [4.78, 5) is 9.47. The fraction of sp³-hybridized carbons (Fsp3) is 0.154. The molecule has 2 aromatic heterocycles. The Hall–Kier alpha value is -3.01. The molecule has 2 heterocycles. The summed E-state index contributed by atoms with van der Waals surface area (Å²) in [6.45, 7) is 8.46. The first-order chi connectivity index (χ1) is 14.5. The van der Waals surface area contributed by atoms with Crippen LogP contribution in [0.15, 0.2) is 67.0 Å². The van der Waals surface area contributed by atoms with E-state index >= 15 is 0 Å².